The molecule has 0 aromatic heterocycles. The fraction of sp³-hybridized carbons (Fsp3) is 0.833. The van der Waals surface area contributed by atoms with Gasteiger partial charge in [0.15, 0.2) is 0 Å². The first-order valence-corrected chi connectivity index (χ1v) is 6.30. The maximum Gasteiger partial charge on any atom is 0.320 e. The lowest BCUT2D eigenvalue weighted by Crippen LogP contribution is -2.45. The number of nitrogens with zero attached hydrogens (tertiary/aromatic N) is 1. The van der Waals surface area contributed by atoms with Crippen LogP contribution in [0.15, 0.2) is 0 Å². The summed E-state index contributed by atoms with van der Waals surface area (Å²) in [5.74, 6) is -0.893. The molecule has 0 aliphatic carbocycles. The molecular formula is C12H22N2O3. The number of carboxylic acid groups (broad SMARTS) is 1. The van der Waals surface area contributed by atoms with Crippen LogP contribution in [-0.4, -0.2) is 47.1 Å². The number of rotatable bonds is 6. The van der Waals surface area contributed by atoms with Crippen LogP contribution in [0.3, 0.4) is 0 Å². The van der Waals surface area contributed by atoms with Gasteiger partial charge in [-0.05, 0) is 32.7 Å². The van der Waals surface area contributed by atoms with E-state index in [9.17, 15) is 9.59 Å². The summed E-state index contributed by atoms with van der Waals surface area (Å²) in [6.45, 7) is 4.95. The van der Waals surface area contributed by atoms with E-state index < -0.39 is 12.0 Å². The fourth-order valence-electron chi connectivity index (χ4n) is 2.31. The Kier molecular flexibility index (Phi) is 5.41. The van der Waals surface area contributed by atoms with Crippen molar-refractivity contribution < 1.29 is 14.7 Å². The predicted octanol–water partition coefficient (Wildman–Crippen LogP) is 0.840. The molecule has 1 aliphatic heterocycles. The van der Waals surface area contributed by atoms with Crippen LogP contribution < -0.4 is 5.32 Å². The molecule has 0 radical (unpaired) electrons. The van der Waals surface area contributed by atoms with Crippen LogP contribution in [0, 0.1) is 0 Å². The summed E-state index contributed by atoms with van der Waals surface area (Å²) in [4.78, 5) is 24.4. The molecule has 2 atom stereocenters. The van der Waals surface area contributed by atoms with Gasteiger partial charge in [-0.25, -0.2) is 0 Å². The van der Waals surface area contributed by atoms with Crippen LogP contribution in [0.2, 0.25) is 0 Å². The Labute approximate surface area is 102 Å². The lowest BCUT2D eigenvalue weighted by atomic mass is 10.2. The number of nitrogens with one attached hydrogen (secondary N) is 1. The van der Waals surface area contributed by atoms with Crippen molar-refractivity contribution in [2.24, 2.45) is 0 Å². The molecule has 5 nitrogen and oxygen atoms in total. The van der Waals surface area contributed by atoms with Crippen LogP contribution in [0.4, 0.5) is 0 Å². The van der Waals surface area contributed by atoms with Gasteiger partial charge in [0.1, 0.15) is 6.04 Å². The second kappa shape index (κ2) is 6.59. The van der Waals surface area contributed by atoms with Crippen molar-refractivity contribution in [3.8, 4) is 0 Å². The Morgan fingerprint density at radius 3 is 2.82 bits per heavy atom. The van der Waals surface area contributed by atoms with Gasteiger partial charge in [-0.15, -0.1) is 0 Å². The molecule has 0 spiro atoms. The van der Waals surface area contributed by atoms with E-state index in [1.165, 1.54) is 0 Å². The largest absolute Gasteiger partial charge is 0.480 e. The van der Waals surface area contributed by atoms with Crippen molar-refractivity contribution in [3.05, 3.63) is 0 Å². The van der Waals surface area contributed by atoms with Gasteiger partial charge in [0.2, 0.25) is 5.91 Å². The molecular weight excluding hydrogens is 220 g/mol. The number of hydrogen-bond donors (Lipinski definition) is 2. The molecule has 0 saturated carbocycles. The summed E-state index contributed by atoms with van der Waals surface area (Å²) < 4.78 is 0. The molecule has 1 rings (SSSR count). The minimum Gasteiger partial charge on any atom is -0.480 e. The molecule has 5 heteroatoms. The van der Waals surface area contributed by atoms with Gasteiger partial charge >= 0.3 is 5.97 Å². The summed E-state index contributed by atoms with van der Waals surface area (Å²) in [5, 5.41) is 11.9. The van der Waals surface area contributed by atoms with Crippen molar-refractivity contribution in [1.29, 1.82) is 0 Å². The minimum atomic E-state index is -0.822. The Balaban J connectivity index is 2.37. The third kappa shape index (κ3) is 4.34. The summed E-state index contributed by atoms with van der Waals surface area (Å²) in [7, 11) is 0. The van der Waals surface area contributed by atoms with Gasteiger partial charge in [0.25, 0.3) is 0 Å². The van der Waals surface area contributed by atoms with Crippen molar-refractivity contribution >= 4 is 11.9 Å². The number of carbonyl (C=O) groups is 2. The molecule has 1 fully saturated rings. The number of amides is 1. The van der Waals surface area contributed by atoms with Crippen molar-refractivity contribution in [1.82, 2.24) is 10.2 Å². The first-order chi connectivity index (χ1) is 8.04. The molecule has 1 heterocycles. The quantitative estimate of drug-likeness (QED) is 0.724. The average Bonchev–Trinajstić information content (AvgIpc) is 2.65. The van der Waals surface area contributed by atoms with Gasteiger partial charge in [0, 0.05) is 6.04 Å². The van der Waals surface area contributed by atoms with Gasteiger partial charge < -0.3 is 10.4 Å². The molecule has 0 aromatic carbocycles. The van der Waals surface area contributed by atoms with Crippen molar-refractivity contribution in [2.45, 2.75) is 51.6 Å². The molecule has 0 aromatic rings. The zero-order valence-electron chi connectivity index (χ0n) is 10.6. The van der Waals surface area contributed by atoms with E-state index in [0.717, 1.165) is 19.3 Å². The molecule has 1 saturated heterocycles. The smallest absolute Gasteiger partial charge is 0.320 e. The molecule has 0 bridgehead atoms. The number of aliphatic carboxylic acids is 1. The first kappa shape index (κ1) is 14.0. The van der Waals surface area contributed by atoms with E-state index in [-0.39, 0.29) is 18.5 Å². The summed E-state index contributed by atoms with van der Waals surface area (Å²) in [5.41, 5.74) is 0. The van der Waals surface area contributed by atoms with Crippen LogP contribution in [0.5, 0.6) is 0 Å². The Morgan fingerprint density at radius 2 is 2.24 bits per heavy atom. The van der Waals surface area contributed by atoms with Crippen molar-refractivity contribution in [3.63, 3.8) is 0 Å². The Bertz CT molecular complexity index is 281. The second-order valence-corrected chi connectivity index (χ2v) is 4.72. The molecule has 17 heavy (non-hydrogen) atoms. The van der Waals surface area contributed by atoms with Crippen LogP contribution in [-0.2, 0) is 9.59 Å². The van der Waals surface area contributed by atoms with Gasteiger partial charge in [-0.2, -0.15) is 0 Å². The SMILES string of the molecule is CCCC(C)NC(=O)CN1CCCC1C(=O)O. The molecule has 1 amide bonds. The standard InChI is InChI=1S/C12H22N2O3/c1-3-5-9(2)13-11(15)8-14-7-4-6-10(14)12(16)17/h9-10H,3-8H2,1-2H3,(H,13,15)(H,16,17). The highest BCUT2D eigenvalue weighted by molar-refractivity contribution is 5.80. The van der Waals surface area contributed by atoms with E-state index in [4.69, 9.17) is 5.11 Å². The topological polar surface area (TPSA) is 69.6 Å². The van der Waals surface area contributed by atoms with E-state index in [2.05, 4.69) is 12.2 Å². The zero-order chi connectivity index (χ0) is 12.8. The predicted molar refractivity (Wildman–Crippen MR) is 64.7 cm³/mol. The van der Waals surface area contributed by atoms with E-state index in [1.807, 2.05) is 6.92 Å². The maximum absolute atomic E-state index is 11.7. The lowest BCUT2D eigenvalue weighted by molar-refractivity contribution is -0.142. The lowest BCUT2D eigenvalue weighted by Gasteiger charge is -2.21. The van der Waals surface area contributed by atoms with Crippen LogP contribution in [0.1, 0.15) is 39.5 Å². The third-order valence-corrected chi connectivity index (χ3v) is 3.12. The minimum absolute atomic E-state index is 0.0703. The molecule has 2 unspecified atom stereocenters. The number of carbonyl (C=O) groups excluding carboxylic acids is 1. The van der Waals surface area contributed by atoms with Crippen LogP contribution >= 0.6 is 0 Å². The van der Waals surface area contributed by atoms with E-state index in [0.29, 0.717) is 13.0 Å². The van der Waals surface area contributed by atoms with Gasteiger partial charge in [-0.3, -0.25) is 14.5 Å². The second-order valence-electron chi connectivity index (χ2n) is 4.72. The Morgan fingerprint density at radius 1 is 1.53 bits per heavy atom. The molecule has 2 N–H and O–H groups in total. The highest BCUT2D eigenvalue weighted by atomic mass is 16.4. The first-order valence-electron chi connectivity index (χ1n) is 6.30. The molecule has 1 aliphatic rings. The van der Waals surface area contributed by atoms with Crippen LogP contribution in [0.25, 0.3) is 0 Å². The van der Waals surface area contributed by atoms with E-state index >= 15 is 0 Å². The molecule has 98 valence electrons. The highest BCUT2D eigenvalue weighted by Gasteiger charge is 2.31. The number of hydrogen-bond acceptors (Lipinski definition) is 3. The average molecular weight is 242 g/mol. The maximum atomic E-state index is 11.7. The summed E-state index contributed by atoms with van der Waals surface area (Å²) in [6.07, 6.45) is 3.49. The number of carboxylic acids is 1. The van der Waals surface area contributed by atoms with Gasteiger partial charge in [0.05, 0.1) is 6.54 Å². The summed E-state index contributed by atoms with van der Waals surface area (Å²) in [6, 6.07) is -0.319. The zero-order valence-corrected chi connectivity index (χ0v) is 10.6. The normalized spacial score (nSPS) is 22.4. The van der Waals surface area contributed by atoms with Crippen molar-refractivity contribution in [2.75, 3.05) is 13.1 Å². The van der Waals surface area contributed by atoms with E-state index in [1.54, 1.807) is 4.90 Å². The highest BCUT2D eigenvalue weighted by Crippen LogP contribution is 2.16. The number of likely N-dealkylation sites (tertiary alicyclic amines) is 1. The van der Waals surface area contributed by atoms with Gasteiger partial charge in [-0.1, -0.05) is 13.3 Å². The Hall–Kier alpha value is -1.10. The third-order valence-electron chi connectivity index (χ3n) is 3.12. The summed E-state index contributed by atoms with van der Waals surface area (Å²) >= 11 is 0. The fourth-order valence-corrected chi connectivity index (χ4v) is 2.31. The monoisotopic (exact) mass is 242 g/mol.